The lowest BCUT2D eigenvalue weighted by Gasteiger charge is -2.22. The third-order valence-electron chi connectivity index (χ3n) is 6.96. The molecular weight excluding hydrogens is 492 g/mol. The normalized spacial score (nSPS) is 16.5. The van der Waals surface area contributed by atoms with Gasteiger partial charge in [0.05, 0.1) is 37.6 Å². The van der Waals surface area contributed by atoms with E-state index in [1.54, 1.807) is 0 Å². The van der Waals surface area contributed by atoms with Gasteiger partial charge >= 0.3 is 5.97 Å². The Morgan fingerprint density at radius 2 is 1.08 bits per heavy atom. The maximum Gasteiger partial charge on any atom is 0.302 e. The largest absolute Gasteiger partial charge is 0.463 e. The van der Waals surface area contributed by atoms with Gasteiger partial charge in [0, 0.05) is 13.5 Å². The summed E-state index contributed by atoms with van der Waals surface area (Å²) in [5, 5.41) is 58.3. The zero-order valence-corrected chi connectivity index (χ0v) is 24.0. The van der Waals surface area contributed by atoms with Gasteiger partial charge in [-0.3, -0.25) is 4.79 Å². The van der Waals surface area contributed by atoms with Crippen LogP contribution in [0, 0.1) is 0 Å². The number of esters is 1. The van der Waals surface area contributed by atoms with Gasteiger partial charge in [0.2, 0.25) is 0 Å². The minimum atomic E-state index is -1.03. The van der Waals surface area contributed by atoms with Gasteiger partial charge in [-0.15, -0.1) is 0 Å². The van der Waals surface area contributed by atoms with E-state index in [-0.39, 0.29) is 44.5 Å². The Morgan fingerprint density at radius 1 is 0.632 bits per heavy atom. The van der Waals surface area contributed by atoms with Crippen molar-refractivity contribution in [3.05, 3.63) is 0 Å². The molecule has 0 saturated heterocycles. The molecule has 9 nitrogen and oxygen atoms in total. The number of hydrogen-bond donors (Lipinski definition) is 6. The zero-order valence-electron chi connectivity index (χ0n) is 24.0. The van der Waals surface area contributed by atoms with Crippen molar-refractivity contribution >= 4 is 5.97 Å². The Bertz CT molecular complexity index is 534. The first-order valence-electron chi connectivity index (χ1n) is 15.0. The maximum absolute atomic E-state index is 11.2. The van der Waals surface area contributed by atoms with E-state index in [2.05, 4.69) is 6.92 Å². The van der Waals surface area contributed by atoms with Gasteiger partial charge in [-0.25, -0.2) is 0 Å². The second-order valence-electron chi connectivity index (χ2n) is 10.7. The minimum absolute atomic E-state index is 0.0377. The van der Waals surface area contributed by atoms with E-state index in [9.17, 15) is 30.3 Å². The maximum atomic E-state index is 11.2. The molecule has 0 unspecified atom stereocenters. The molecule has 0 saturated carbocycles. The number of ether oxygens (including phenoxy) is 2. The molecule has 6 atom stereocenters. The van der Waals surface area contributed by atoms with Crippen LogP contribution in [0.15, 0.2) is 0 Å². The predicted molar refractivity (Wildman–Crippen MR) is 148 cm³/mol. The number of rotatable bonds is 27. The topological polar surface area (TPSA) is 157 Å². The Kier molecular flexibility index (Phi) is 24.6. The molecule has 0 aliphatic rings. The van der Waals surface area contributed by atoms with Crippen LogP contribution in [0.2, 0.25) is 0 Å². The smallest absolute Gasteiger partial charge is 0.302 e. The molecule has 0 bridgehead atoms. The highest BCUT2D eigenvalue weighted by Crippen LogP contribution is 2.17. The SMILES string of the molecule is CCCC[C@@H](CCCCCCCCCCC[C@H](O)[C@H](O)CC[C@H](O)[C@H](O)CCOC[C@@H](O)CO)OC(C)=O. The van der Waals surface area contributed by atoms with Crippen LogP contribution >= 0.6 is 0 Å². The monoisotopic (exact) mass is 550 g/mol. The summed E-state index contributed by atoms with van der Waals surface area (Å²) in [5.41, 5.74) is 0. The van der Waals surface area contributed by atoms with E-state index < -0.39 is 37.1 Å². The third kappa shape index (κ3) is 22.1. The molecular formula is C29H58O9. The fourth-order valence-electron chi connectivity index (χ4n) is 4.48. The number of aliphatic hydroxyl groups excluding tert-OH is 6. The fraction of sp³-hybridized carbons (Fsp3) is 0.966. The molecule has 9 heteroatoms. The van der Waals surface area contributed by atoms with Crippen molar-refractivity contribution in [2.45, 2.75) is 160 Å². The molecule has 0 aliphatic heterocycles. The van der Waals surface area contributed by atoms with Crippen molar-refractivity contribution in [1.29, 1.82) is 0 Å². The fourth-order valence-corrected chi connectivity index (χ4v) is 4.48. The first-order chi connectivity index (χ1) is 18.2. The van der Waals surface area contributed by atoms with Gasteiger partial charge in [-0.2, -0.15) is 0 Å². The summed E-state index contributed by atoms with van der Waals surface area (Å²) in [5.74, 6) is -0.182. The molecule has 6 N–H and O–H groups in total. The zero-order chi connectivity index (χ0) is 28.6. The van der Waals surface area contributed by atoms with Crippen molar-refractivity contribution in [2.24, 2.45) is 0 Å². The van der Waals surface area contributed by atoms with Crippen molar-refractivity contribution in [3.8, 4) is 0 Å². The van der Waals surface area contributed by atoms with Gasteiger partial charge in [0.25, 0.3) is 0 Å². The second kappa shape index (κ2) is 25.2. The van der Waals surface area contributed by atoms with Gasteiger partial charge in [0.15, 0.2) is 0 Å². The summed E-state index contributed by atoms with van der Waals surface area (Å²) in [6.07, 6.45) is 10.5. The third-order valence-corrected chi connectivity index (χ3v) is 6.96. The van der Waals surface area contributed by atoms with Crippen LogP contribution in [0.5, 0.6) is 0 Å². The van der Waals surface area contributed by atoms with Crippen molar-refractivity contribution in [1.82, 2.24) is 0 Å². The lowest BCUT2D eigenvalue weighted by atomic mass is 9.98. The summed E-state index contributed by atoms with van der Waals surface area (Å²) in [6.45, 7) is 3.34. The van der Waals surface area contributed by atoms with E-state index in [1.807, 2.05) is 0 Å². The molecule has 0 rings (SSSR count). The Morgan fingerprint density at radius 3 is 1.58 bits per heavy atom. The Labute approximate surface area is 230 Å². The molecule has 0 spiro atoms. The van der Waals surface area contributed by atoms with E-state index in [4.69, 9.17) is 14.6 Å². The van der Waals surface area contributed by atoms with E-state index >= 15 is 0 Å². The molecule has 38 heavy (non-hydrogen) atoms. The van der Waals surface area contributed by atoms with Gasteiger partial charge < -0.3 is 40.1 Å². The average Bonchev–Trinajstić information content (AvgIpc) is 2.89. The number of carbonyl (C=O) groups excluding carboxylic acids is 1. The Balaban J connectivity index is 3.70. The first-order valence-corrected chi connectivity index (χ1v) is 15.0. The molecule has 0 heterocycles. The highest BCUT2D eigenvalue weighted by molar-refractivity contribution is 5.66. The van der Waals surface area contributed by atoms with Crippen molar-refractivity contribution < 1.29 is 44.9 Å². The highest BCUT2D eigenvalue weighted by Gasteiger charge is 2.21. The first kappa shape index (κ1) is 37.2. The van der Waals surface area contributed by atoms with Gasteiger partial charge in [0.1, 0.15) is 12.2 Å². The van der Waals surface area contributed by atoms with Crippen LogP contribution in [-0.4, -0.2) is 93.1 Å². The molecule has 228 valence electrons. The predicted octanol–water partition coefficient (Wildman–Crippen LogP) is 3.38. The van der Waals surface area contributed by atoms with Crippen LogP contribution in [0.4, 0.5) is 0 Å². The van der Waals surface area contributed by atoms with Crippen LogP contribution in [0.25, 0.3) is 0 Å². The summed E-state index contributed by atoms with van der Waals surface area (Å²) < 4.78 is 10.5. The second-order valence-corrected chi connectivity index (χ2v) is 10.7. The summed E-state index contributed by atoms with van der Waals surface area (Å²) in [7, 11) is 0. The summed E-state index contributed by atoms with van der Waals surface area (Å²) in [6, 6.07) is 0. The van der Waals surface area contributed by atoms with Crippen LogP contribution in [0.1, 0.15) is 123 Å². The highest BCUT2D eigenvalue weighted by atomic mass is 16.5. The standard InChI is InChI=1S/C29H58O9/c1-3-4-14-25(38-23(2)31)15-12-10-8-6-5-7-9-11-13-16-26(33)27(34)17-18-28(35)29(36)19-20-37-22-24(32)21-30/h24-30,32-36H,3-22H2,1-2H3/t24-,25-,26-,27+,28-,29+/m0/s1. The molecule has 0 aliphatic carbocycles. The molecule has 0 aromatic heterocycles. The summed E-state index contributed by atoms with van der Waals surface area (Å²) >= 11 is 0. The summed E-state index contributed by atoms with van der Waals surface area (Å²) in [4.78, 5) is 11.2. The molecule has 0 aromatic carbocycles. The minimum Gasteiger partial charge on any atom is -0.463 e. The molecule has 0 radical (unpaired) electrons. The Hall–Kier alpha value is -0.810. The quantitative estimate of drug-likeness (QED) is 0.0666. The molecule has 0 aromatic rings. The molecule has 0 amide bonds. The average molecular weight is 551 g/mol. The lowest BCUT2D eigenvalue weighted by Crippen LogP contribution is -2.32. The number of unbranched alkanes of at least 4 members (excludes halogenated alkanes) is 9. The van der Waals surface area contributed by atoms with E-state index in [1.165, 1.54) is 32.6 Å². The van der Waals surface area contributed by atoms with Crippen molar-refractivity contribution in [2.75, 3.05) is 19.8 Å². The van der Waals surface area contributed by atoms with Crippen LogP contribution < -0.4 is 0 Å². The number of carbonyl (C=O) groups is 1. The molecule has 0 fully saturated rings. The van der Waals surface area contributed by atoms with Crippen LogP contribution in [-0.2, 0) is 14.3 Å². The van der Waals surface area contributed by atoms with E-state index in [0.29, 0.717) is 6.42 Å². The number of aliphatic hydroxyl groups is 6. The lowest BCUT2D eigenvalue weighted by molar-refractivity contribution is -0.147. The van der Waals surface area contributed by atoms with Gasteiger partial charge in [-0.1, -0.05) is 71.1 Å². The van der Waals surface area contributed by atoms with Gasteiger partial charge in [-0.05, 0) is 44.9 Å². The number of hydrogen-bond acceptors (Lipinski definition) is 9. The van der Waals surface area contributed by atoms with E-state index in [0.717, 1.165) is 57.8 Å². The van der Waals surface area contributed by atoms with Crippen molar-refractivity contribution in [3.63, 3.8) is 0 Å². The van der Waals surface area contributed by atoms with Crippen LogP contribution in [0.3, 0.4) is 0 Å².